The molecule has 3 aromatic carbocycles. The molecule has 0 atom stereocenters. The van der Waals surface area contributed by atoms with Crippen molar-refractivity contribution in [1.82, 2.24) is 4.98 Å². The van der Waals surface area contributed by atoms with Gasteiger partial charge < -0.3 is 8.60 Å². The summed E-state index contributed by atoms with van der Waals surface area (Å²) >= 11 is 12.0. The van der Waals surface area contributed by atoms with Gasteiger partial charge in [0.05, 0.1) is 5.56 Å². The second-order valence-electron chi connectivity index (χ2n) is 5.76. The standard InChI is InChI=1S/C19H10Cl2FNO4S/c20-11-2-8-17-16(9-11)23-19(26-17)15-7-1-12(21)10-18(15)27-28(24,25)14-5-3-13(22)4-6-14/h1-10H. The molecule has 0 fully saturated rings. The van der Waals surface area contributed by atoms with Gasteiger partial charge in [0, 0.05) is 16.1 Å². The lowest BCUT2D eigenvalue weighted by Gasteiger charge is -2.10. The minimum Gasteiger partial charge on any atom is -0.436 e. The van der Waals surface area contributed by atoms with Crippen LogP contribution >= 0.6 is 23.2 Å². The second-order valence-corrected chi connectivity index (χ2v) is 8.18. The predicted molar refractivity (Wildman–Crippen MR) is 104 cm³/mol. The van der Waals surface area contributed by atoms with Crippen molar-refractivity contribution >= 4 is 44.4 Å². The molecule has 4 aromatic rings. The van der Waals surface area contributed by atoms with E-state index in [-0.39, 0.29) is 27.1 Å². The lowest BCUT2D eigenvalue weighted by Crippen LogP contribution is -2.10. The van der Waals surface area contributed by atoms with Crippen molar-refractivity contribution in [3.63, 3.8) is 0 Å². The van der Waals surface area contributed by atoms with Gasteiger partial charge in [-0.25, -0.2) is 9.37 Å². The van der Waals surface area contributed by atoms with E-state index in [2.05, 4.69) is 4.98 Å². The smallest absolute Gasteiger partial charge is 0.339 e. The number of aromatic nitrogens is 1. The Morgan fingerprint density at radius 1 is 0.929 bits per heavy atom. The quantitative estimate of drug-likeness (QED) is 0.382. The van der Waals surface area contributed by atoms with Gasteiger partial charge >= 0.3 is 10.1 Å². The molecule has 5 nitrogen and oxygen atoms in total. The van der Waals surface area contributed by atoms with Crippen molar-refractivity contribution in [2.45, 2.75) is 4.90 Å². The highest BCUT2D eigenvalue weighted by atomic mass is 35.5. The van der Waals surface area contributed by atoms with Crippen LogP contribution in [0.25, 0.3) is 22.6 Å². The first-order chi connectivity index (χ1) is 13.3. The molecule has 0 saturated carbocycles. The summed E-state index contributed by atoms with van der Waals surface area (Å²) in [7, 11) is -4.23. The Labute approximate surface area is 169 Å². The van der Waals surface area contributed by atoms with Gasteiger partial charge in [-0.1, -0.05) is 23.2 Å². The molecule has 0 N–H and O–H groups in total. The molecular weight excluding hydrogens is 428 g/mol. The van der Waals surface area contributed by atoms with Gasteiger partial charge in [-0.3, -0.25) is 0 Å². The lowest BCUT2D eigenvalue weighted by molar-refractivity contribution is 0.485. The Bertz CT molecular complexity index is 1290. The van der Waals surface area contributed by atoms with Crippen molar-refractivity contribution in [2.24, 2.45) is 0 Å². The average Bonchev–Trinajstić information content (AvgIpc) is 3.04. The number of benzene rings is 3. The van der Waals surface area contributed by atoms with E-state index < -0.39 is 15.9 Å². The maximum atomic E-state index is 13.1. The van der Waals surface area contributed by atoms with Gasteiger partial charge in [-0.05, 0) is 54.6 Å². The SMILES string of the molecule is O=S(=O)(Oc1cc(Cl)ccc1-c1nc2cc(Cl)ccc2o1)c1ccc(F)cc1. The van der Waals surface area contributed by atoms with Gasteiger partial charge in [0.2, 0.25) is 5.89 Å². The van der Waals surface area contributed by atoms with E-state index >= 15 is 0 Å². The molecule has 0 radical (unpaired) electrons. The molecule has 0 saturated heterocycles. The first kappa shape index (κ1) is 18.7. The van der Waals surface area contributed by atoms with Crippen LogP contribution in [-0.4, -0.2) is 13.4 Å². The van der Waals surface area contributed by atoms with Crippen LogP contribution in [0.3, 0.4) is 0 Å². The fraction of sp³-hybridized carbons (Fsp3) is 0. The Kier molecular flexibility index (Phi) is 4.74. The van der Waals surface area contributed by atoms with Crippen molar-refractivity contribution in [3.8, 4) is 17.2 Å². The minimum absolute atomic E-state index is 0.0746. The van der Waals surface area contributed by atoms with Crippen molar-refractivity contribution in [3.05, 3.63) is 76.5 Å². The van der Waals surface area contributed by atoms with Crippen LogP contribution in [-0.2, 0) is 10.1 Å². The van der Waals surface area contributed by atoms with Crippen LogP contribution in [0, 0.1) is 5.82 Å². The van der Waals surface area contributed by atoms with Crippen LogP contribution in [0.5, 0.6) is 5.75 Å². The van der Waals surface area contributed by atoms with E-state index in [0.29, 0.717) is 16.1 Å². The van der Waals surface area contributed by atoms with Gasteiger partial charge in [-0.15, -0.1) is 0 Å². The largest absolute Gasteiger partial charge is 0.436 e. The molecule has 0 amide bonds. The summed E-state index contributed by atoms with van der Waals surface area (Å²) in [6.45, 7) is 0. The Hall–Kier alpha value is -2.61. The number of hydrogen-bond acceptors (Lipinski definition) is 5. The molecule has 142 valence electrons. The number of rotatable bonds is 4. The number of fused-ring (bicyclic) bond motifs is 1. The third-order valence-corrected chi connectivity index (χ3v) is 5.54. The highest BCUT2D eigenvalue weighted by molar-refractivity contribution is 7.87. The van der Waals surface area contributed by atoms with Crippen molar-refractivity contribution < 1.29 is 21.4 Å². The molecule has 0 aliphatic rings. The van der Waals surface area contributed by atoms with E-state index in [1.165, 1.54) is 12.1 Å². The molecular formula is C19H10Cl2FNO4S. The van der Waals surface area contributed by atoms with E-state index in [4.69, 9.17) is 31.8 Å². The van der Waals surface area contributed by atoms with Crippen LogP contribution in [0.2, 0.25) is 10.0 Å². The molecule has 0 spiro atoms. The van der Waals surface area contributed by atoms with Crippen LogP contribution in [0.4, 0.5) is 4.39 Å². The average molecular weight is 438 g/mol. The topological polar surface area (TPSA) is 69.4 Å². The van der Waals surface area contributed by atoms with Crippen molar-refractivity contribution in [1.29, 1.82) is 0 Å². The van der Waals surface area contributed by atoms with Crippen LogP contribution in [0.1, 0.15) is 0 Å². The third kappa shape index (κ3) is 3.69. The Balaban J connectivity index is 1.79. The Morgan fingerprint density at radius 2 is 1.61 bits per heavy atom. The fourth-order valence-corrected chi connectivity index (χ4v) is 3.79. The molecule has 0 unspecified atom stereocenters. The number of hydrogen-bond donors (Lipinski definition) is 0. The molecule has 0 bridgehead atoms. The molecule has 1 heterocycles. The first-order valence-electron chi connectivity index (χ1n) is 7.88. The predicted octanol–water partition coefficient (Wildman–Crippen LogP) is 5.71. The molecule has 28 heavy (non-hydrogen) atoms. The van der Waals surface area contributed by atoms with Crippen LogP contribution in [0.15, 0.2) is 70.0 Å². The summed E-state index contributed by atoms with van der Waals surface area (Å²) in [4.78, 5) is 4.13. The summed E-state index contributed by atoms with van der Waals surface area (Å²) < 4.78 is 49.2. The van der Waals surface area contributed by atoms with E-state index in [0.717, 1.165) is 24.3 Å². The summed E-state index contributed by atoms with van der Waals surface area (Å²) in [5.41, 5.74) is 1.26. The highest BCUT2D eigenvalue weighted by Crippen LogP contribution is 2.36. The van der Waals surface area contributed by atoms with Crippen molar-refractivity contribution in [2.75, 3.05) is 0 Å². The fourth-order valence-electron chi connectivity index (χ4n) is 2.53. The van der Waals surface area contributed by atoms with Gasteiger partial charge in [0.15, 0.2) is 11.3 Å². The second kappa shape index (κ2) is 7.09. The normalized spacial score (nSPS) is 11.7. The van der Waals surface area contributed by atoms with Gasteiger partial charge in [-0.2, -0.15) is 8.42 Å². The summed E-state index contributed by atoms with van der Waals surface area (Å²) in [5, 5.41) is 0.742. The molecule has 0 aliphatic carbocycles. The molecule has 9 heteroatoms. The number of nitrogens with zero attached hydrogens (tertiary/aromatic N) is 1. The first-order valence-corrected chi connectivity index (χ1v) is 10.0. The van der Waals surface area contributed by atoms with Gasteiger partial charge in [0.25, 0.3) is 0 Å². The Morgan fingerprint density at radius 3 is 2.36 bits per heavy atom. The summed E-state index contributed by atoms with van der Waals surface area (Å²) in [5.74, 6) is -0.500. The maximum absolute atomic E-state index is 13.1. The zero-order chi connectivity index (χ0) is 19.9. The minimum atomic E-state index is -4.23. The maximum Gasteiger partial charge on any atom is 0.339 e. The van der Waals surface area contributed by atoms with E-state index in [1.54, 1.807) is 24.3 Å². The van der Waals surface area contributed by atoms with Crippen LogP contribution < -0.4 is 4.18 Å². The van der Waals surface area contributed by atoms with E-state index in [1.807, 2.05) is 0 Å². The van der Waals surface area contributed by atoms with Gasteiger partial charge in [0.1, 0.15) is 16.2 Å². The number of halogens is 3. The molecule has 4 rings (SSSR count). The molecule has 1 aromatic heterocycles. The highest BCUT2D eigenvalue weighted by Gasteiger charge is 2.22. The van der Waals surface area contributed by atoms with E-state index in [9.17, 15) is 12.8 Å². The zero-order valence-corrected chi connectivity index (χ0v) is 16.2. The number of oxazole rings is 1. The monoisotopic (exact) mass is 437 g/mol. The summed E-state index contributed by atoms with van der Waals surface area (Å²) in [6, 6.07) is 13.6. The summed E-state index contributed by atoms with van der Waals surface area (Å²) in [6.07, 6.45) is 0. The molecule has 0 aliphatic heterocycles. The zero-order valence-electron chi connectivity index (χ0n) is 13.9. The third-order valence-electron chi connectivity index (χ3n) is 3.83. The lowest BCUT2D eigenvalue weighted by atomic mass is 10.2.